The van der Waals surface area contributed by atoms with E-state index in [2.05, 4.69) is 54.2 Å². The van der Waals surface area contributed by atoms with Gasteiger partial charge in [0.25, 0.3) is 0 Å². The number of rotatable bonds is 28. The number of aliphatic hydroxyl groups excluding tert-OH is 6. The molecule has 126 heavy (non-hydrogen) atoms. The molecule has 22 N–H and O–H groups in total. The van der Waals surface area contributed by atoms with Crippen molar-refractivity contribution in [3.05, 3.63) is 142 Å². The van der Waals surface area contributed by atoms with Crippen LogP contribution in [0.5, 0.6) is 51.7 Å². The Labute approximate surface area is 729 Å². The second kappa shape index (κ2) is 41.6. The molecule has 7 aliphatic rings. The smallest absolute Gasteiger partial charge is 0.412 e. The summed E-state index contributed by atoms with van der Waals surface area (Å²) >= 11 is 7.16. The van der Waals surface area contributed by atoms with Crippen molar-refractivity contribution in [1.29, 1.82) is 0 Å². The molecule has 0 aliphatic carbocycles. The number of benzene rings is 6. The standard InChI is InChI=1S/C85H106ClN11O28S/c1-8-9-14-27-118-46-18-20-48(21-19-46)126(116,117)91-26-13-11-10-12-25-90-84(115)120-47-34-50-63(55(100)35-47)49-30-42(15-22-54(49)99)64-78(109)97-68(81(112)95-66(50)82(113)114)70(103)44-17-24-57(51(86)31-44)122-59-33-45-32-58(73(59)125-83-74(72(105)71(104)60(38-98)123-83)124-62-37-85(6,88)75(106)41(5)119-62)121-56-23-16-43(29-40(56)4)69(102)67(96-76(107)52(89-7)28-39(2)3)80(111)92-53(36-61(87)101)77(108)93-65(45)79(110)94-64/h15-24,29-35,39,41,52-53,60,62,64-72,74-75,83,89,91,98-100,102-106H,8-14,25-28,36-38,88H2,1-7H3,(H2,87,101)(H,90,115)(H,92,111)(H,93,108)(H,94,110)(H,95,112)(H,96,107)(H,97,109)(H,113,114)/t41-,52+,53-,60+,62-,64+,65+,66-,67+,68-,69+,70+,71+,72-,74+,75+,83-,85-/m0/s1. The van der Waals surface area contributed by atoms with Gasteiger partial charge in [0.05, 0.1) is 47.8 Å². The summed E-state index contributed by atoms with van der Waals surface area (Å²) in [5.41, 5.74) is 8.15. The number of sulfonamides is 1. The van der Waals surface area contributed by atoms with Crippen LogP contribution in [0, 0.1) is 12.8 Å². The van der Waals surface area contributed by atoms with E-state index in [1.54, 1.807) is 12.1 Å². The first-order valence-electron chi connectivity index (χ1n) is 41.0. The minimum Gasteiger partial charge on any atom is -0.507 e. The van der Waals surface area contributed by atoms with Gasteiger partial charge in [0.1, 0.15) is 95.2 Å². The van der Waals surface area contributed by atoms with Crippen LogP contribution >= 0.6 is 11.6 Å². The van der Waals surface area contributed by atoms with Gasteiger partial charge in [-0.1, -0.05) is 76.3 Å². The molecule has 0 spiro atoms. The number of primary amides is 1. The fraction of sp³-hybridized carbons (Fsp3) is 0.471. The van der Waals surface area contributed by atoms with Crippen molar-refractivity contribution >= 4 is 75.0 Å². The Bertz CT molecular complexity index is 5130. The second-order valence-electron chi connectivity index (χ2n) is 32.2. The molecule has 18 atom stereocenters. The summed E-state index contributed by atoms with van der Waals surface area (Å²) in [7, 11) is -2.36. The number of unbranched alkanes of at least 4 members (excludes halogenated alkanes) is 5. The number of phenolic OH excluding ortho intramolecular Hbond substituents is 2. The molecule has 8 amide bonds. The van der Waals surface area contributed by atoms with Crippen molar-refractivity contribution in [2.75, 3.05) is 33.4 Å². The molecule has 7 aliphatic heterocycles. The van der Waals surface area contributed by atoms with E-state index in [0.717, 1.165) is 79.9 Å². The maximum atomic E-state index is 16.3. The number of carbonyl (C=O) groups excluding carboxylic acids is 8. The number of aryl methyl sites for hydroxylation is 1. The van der Waals surface area contributed by atoms with E-state index in [1.807, 2.05) is 13.8 Å². The highest BCUT2D eigenvalue weighted by molar-refractivity contribution is 7.89. The first kappa shape index (κ1) is 95.6. The third-order valence-corrected chi connectivity index (χ3v) is 23.8. The molecular weight excluding hydrogens is 1690 g/mol. The fourth-order valence-electron chi connectivity index (χ4n) is 15.2. The average Bonchev–Trinajstić information content (AvgIpc) is 0.762. The zero-order valence-corrected chi connectivity index (χ0v) is 71.4. The van der Waals surface area contributed by atoms with Crippen molar-refractivity contribution in [2.45, 2.75) is 220 Å². The second-order valence-corrected chi connectivity index (χ2v) is 34.4. The van der Waals surface area contributed by atoms with Gasteiger partial charge in [0.15, 0.2) is 29.9 Å². The number of fused-ring (bicyclic) bond motifs is 15. The third kappa shape index (κ3) is 22.8. The van der Waals surface area contributed by atoms with Crippen LogP contribution < -0.4 is 82.4 Å². The summed E-state index contributed by atoms with van der Waals surface area (Å²) < 4.78 is 78.8. The lowest BCUT2D eigenvalue weighted by Gasteiger charge is -2.47. The SMILES string of the molecule is CCCCCOc1ccc(S(=O)(=O)NCCCCCCNC(=O)Oc2cc(O)c3c(c2)[C@@H](C(=O)O)NC(=O)[C@H]2NC(=O)[C@H](NC(=O)[C@@H]4NC(=O)[C@H](CC(N)=O)NC(=O)[C@H](NC(=O)[C@@H](CC(C)C)NC)[C@H](O)c5ccc(c(C)c5)Oc5cc4cc(c5O[C@@H]4O[C@H](CO)[C@@H](O)[C@H](O)[C@H]4O[C@H]4C[C@](C)(N)[C@H](O)[C@H](C)O4)Oc4ccc(cc4Cl)[C@H]2O)c2ccc(O)c-3c2)cc1. The Morgan fingerprint density at radius 2 is 1.35 bits per heavy atom. The fourth-order valence-corrected chi connectivity index (χ4v) is 16.5. The number of carboxylic acids is 1. The highest BCUT2D eigenvalue weighted by Gasteiger charge is 2.52. The molecule has 0 unspecified atom stereocenters. The predicted molar refractivity (Wildman–Crippen MR) is 446 cm³/mol. The lowest BCUT2D eigenvalue weighted by Crippen LogP contribution is -2.64. The van der Waals surface area contributed by atoms with Crippen LogP contribution in [0.2, 0.25) is 5.02 Å². The van der Waals surface area contributed by atoms with Crippen molar-refractivity contribution in [2.24, 2.45) is 17.4 Å². The summed E-state index contributed by atoms with van der Waals surface area (Å²) in [6.07, 6.45) is -15.1. The van der Waals surface area contributed by atoms with Crippen LogP contribution in [0.4, 0.5) is 4.79 Å². The number of hydrogen-bond donors (Lipinski definition) is 20. The van der Waals surface area contributed by atoms with Crippen LogP contribution in [0.25, 0.3) is 11.1 Å². The van der Waals surface area contributed by atoms with Gasteiger partial charge < -0.3 is 138 Å². The normalized spacial score (nSPS) is 26.0. The molecule has 13 rings (SSSR count). The van der Waals surface area contributed by atoms with E-state index in [-0.39, 0.29) is 59.2 Å². The first-order valence-corrected chi connectivity index (χ1v) is 42.9. The van der Waals surface area contributed by atoms with Crippen LogP contribution in [0.1, 0.15) is 163 Å². The van der Waals surface area contributed by atoms with Gasteiger partial charge in [-0.2, -0.15) is 0 Å². The van der Waals surface area contributed by atoms with Gasteiger partial charge in [0.2, 0.25) is 63.4 Å². The van der Waals surface area contributed by atoms with Crippen molar-refractivity contribution in [1.82, 2.24) is 47.3 Å². The monoisotopic (exact) mass is 1800 g/mol. The number of ether oxygens (including phenoxy) is 8. The van der Waals surface area contributed by atoms with Gasteiger partial charge in [0, 0.05) is 47.8 Å². The van der Waals surface area contributed by atoms with E-state index >= 15 is 24.0 Å². The highest BCUT2D eigenvalue weighted by Crippen LogP contribution is 2.50. The number of amides is 8. The van der Waals surface area contributed by atoms with E-state index in [0.29, 0.717) is 38.0 Å². The topological polar surface area (TPSA) is 604 Å². The average molecular weight is 1800 g/mol. The molecule has 682 valence electrons. The van der Waals surface area contributed by atoms with E-state index in [4.69, 9.17) is 61.0 Å². The van der Waals surface area contributed by atoms with Crippen LogP contribution in [0.3, 0.4) is 0 Å². The number of phenols is 2. The van der Waals surface area contributed by atoms with Gasteiger partial charge in [-0.15, -0.1) is 0 Å². The van der Waals surface area contributed by atoms with Crippen LogP contribution in [-0.2, 0) is 62.6 Å². The Morgan fingerprint density at radius 3 is 1.99 bits per heavy atom. The molecule has 7 heterocycles. The molecule has 6 aromatic carbocycles. The summed E-state index contributed by atoms with van der Waals surface area (Å²) in [6, 6.07) is 5.78. The van der Waals surface area contributed by atoms with Crippen molar-refractivity contribution < 1.29 is 135 Å². The minimum atomic E-state index is -3.85. The van der Waals surface area contributed by atoms with E-state index in [1.165, 1.54) is 58.2 Å². The number of aliphatic carboxylic acids is 1. The lowest BCUT2D eigenvalue weighted by molar-refractivity contribution is -0.333. The zero-order valence-electron chi connectivity index (χ0n) is 69.8. The van der Waals surface area contributed by atoms with E-state index < -0.39 is 259 Å². The van der Waals surface area contributed by atoms with Crippen LogP contribution in [0.15, 0.2) is 108 Å². The molecule has 41 heteroatoms. The number of carboxylic acid groups (broad SMARTS) is 1. The molecule has 0 radical (unpaired) electrons. The first-order chi connectivity index (χ1) is 59.8. The number of halogens is 1. The number of carbonyl (C=O) groups is 9. The molecular formula is C85H106ClN11O28S. The lowest BCUT2D eigenvalue weighted by atomic mass is 9.86. The molecule has 6 aromatic rings. The molecule has 2 saturated heterocycles. The molecule has 0 aromatic heterocycles. The number of likely N-dealkylation sites (N-methyl/N-ethyl adjacent to an activating group) is 1. The largest absolute Gasteiger partial charge is 0.507 e. The maximum Gasteiger partial charge on any atom is 0.412 e. The number of nitrogens with one attached hydrogen (secondary N) is 9. The zero-order chi connectivity index (χ0) is 91.5. The molecule has 0 saturated carbocycles. The minimum absolute atomic E-state index is 0.00405. The van der Waals surface area contributed by atoms with Crippen LogP contribution in [-0.4, -0.2) is 220 Å². The van der Waals surface area contributed by atoms with Gasteiger partial charge in [-0.25, -0.2) is 22.7 Å². The summed E-state index contributed by atoms with van der Waals surface area (Å²) in [5, 5.41) is 125. The van der Waals surface area contributed by atoms with Gasteiger partial charge in [-0.3, -0.25) is 33.6 Å². The molecule has 2 fully saturated rings. The Kier molecular flexibility index (Phi) is 31.5. The number of aromatic hydroxyl groups is 2. The van der Waals surface area contributed by atoms with Crippen molar-refractivity contribution in [3.63, 3.8) is 0 Å². The number of aliphatic hydroxyl groups is 6. The summed E-state index contributed by atoms with van der Waals surface area (Å²) in [4.78, 5) is 133. The predicted octanol–water partition coefficient (Wildman–Crippen LogP) is 3.25. The van der Waals surface area contributed by atoms with Gasteiger partial charge >= 0.3 is 12.1 Å². The van der Waals surface area contributed by atoms with Gasteiger partial charge in [-0.05, 0) is 166 Å². The Hall–Kier alpha value is -11.1. The summed E-state index contributed by atoms with van der Waals surface area (Å²) in [5.74, 6) is -15.2. The maximum absolute atomic E-state index is 16.3. The Morgan fingerprint density at radius 1 is 0.698 bits per heavy atom. The molecule has 11 bridgehead atoms. The highest BCUT2D eigenvalue weighted by atomic mass is 35.5. The number of hydrogen-bond acceptors (Lipinski definition) is 29. The summed E-state index contributed by atoms with van der Waals surface area (Å²) in [6.45, 7) is 9.84. The quantitative estimate of drug-likeness (QED) is 0.0313. The third-order valence-electron chi connectivity index (χ3n) is 22.0. The number of nitrogens with two attached hydrogens (primary N) is 2. The Balaban J connectivity index is 1.01. The molecule has 39 nitrogen and oxygen atoms in total. The van der Waals surface area contributed by atoms with Crippen molar-refractivity contribution in [3.8, 4) is 62.9 Å². The van der Waals surface area contributed by atoms with E-state index in [9.17, 15) is 73.6 Å².